The summed E-state index contributed by atoms with van der Waals surface area (Å²) < 4.78 is 1.29. The van der Waals surface area contributed by atoms with Crippen LogP contribution >= 0.6 is 0 Å². The lowest BCUT2D eigenvalue weighted by Crippen LogP contribution is -2.24. The Labute approximate surface area is 68.6 Å². The SMILES string of the molecule is CC(C)C[N+](=O)C1CCCC1. The van der Waals surface area contributed by atoms with Crippen molar-refractivity contribution in [1.82, 2.24) is 0 Å². The molecule has 0 bridgehead atoms. The van der Waals surface area contributed by atoms with E-state index in [-0.39, 0.29) is 0 Å². The van der Waals surface area contributed by atoms with Crippen molar-refractivity contribution in [1.29, 1.82) is 0 Å². The van der Waals surface area contributed by atoms with E-state index in [1.807, 2.05) is 0 Å². The maximum atomic E-state index is 11.4. The average molecular weight is 156 g/mol. The molecule has 2 heteroatoms. The van der Waals surface area contributed by atoms with E-state index in [4.69, 9.17) is 0 Å². The zero-order chi connectivity index (χ0) is 8.27. The fourth-order valence-corrected chi connectivity index (χ4v) is 1.70. The van der Waals surface area contributed by atoms with E-state index >= 15 is 0 Å². The minimum atomic E-state index is 0.345. The predicted molar refractivity (Wildman–Crippen MR) is 45.6 cm³/mol. The number of nitroso groups, excluding NO2 is 1. The van der Waals surface area contributed by atoms with Crippen LogP contribution in [0.3, 0.4) is 0 Å². The third-order valence-corrected chi connectivity index (χ3v) is 2.28. The van der Waals surface area contributed by atoms with Crippen LogP contribution in [0.4, 0.5) is 0 Å². The lowest BCUT2D eigenvalue weighted by molar-refractivity contribution is -0.589. The van der Waals surface area contributed by atoms with Crippen molar-refractivity contribution in [3.63, 3.8) is 0 Å². The predicted octanol–water partition coefficient (Wildman–Crippen LogP) is 2.36. The molecule has 0 heterocycles. The minimum Gasteiger partial charge on any atom is -0.0566 e. The first kappa shape index (κ1) is 8.69. The fraction of sp³-hybridized carbons (Fsp3) is 1.00. The molecule has 1 aliphatic carbocycles. The Balaban J connectivity index is 2.28. The third-order valence-electron chi connectivity index (χ3n) is 2.28. The molecule has 0 aromatic carbocycles. The van der Waals surface area contributed by atoms with Crippen LogP contribution in [0.25, 0.3) is 0 Å². The third kappa shape index (κ3) is 2.60. The van der Waals surface area contributed by atoms with E-state index in [0.717, 1.165) is 12.8 Å². The van der Waals surface area contributed by atoms with Crippen LogP contribution in [0.1, 0.15) is 39.5 Å². The van der Waals surface area contributed by atoms with Gasteiger partial charge in [-0.05, 0) is 12.8 Å². The molecule has 11 heavy (non-hydrogen) atoms. The largest absolute Gasteiger partial charge is 0.201 e. The van der Waals surface area contributed by atoms with E-state index in [1.54, 1.807) is 0 Å². The molecule has 2 nitrogen and oxygen atoms in total. The molecular weight excluding hydrogens is 138 g/mol. The molecule has 0 spiro atoms. The van der Waals surface area contributed by atoms with Gasteiger partial charge in [0.1, 0.15) is 0 Å². The average Bonchev–Trinajstić information content (AvgIpc) is 2.35. The quantitative estimate of drug-likeness (QED) is 0.574. The number of nitrogens with zero attached hydrogens (tertiary/aromatic N) is 1. The first-order valence-electron chi connectivity index (χ1n) is 4.64. The monoisotopic (exact) mass is 156 g/mol. The van der Waals surface area contributed by atoms with E-state index in [2.05, 4.69) is 13.8 Å². The van der Waals surface area contributed by atoms with Gasteiger partial charge in [-0.2, -0.15) is 0 Å². The molecule has 0 aromatic rings. The van der Waals surface area contributed by atoms with Crippen molar-refractivity contribution in [3.05, 3.63) is 4.91 Å². The molecule has 0 aromatic heterocycles. The maximum Gasteiger partial charge on any atom is 0.201 e. The second-order valence-electron chi connectivity index (χ2n) is 3.93. The smallest absolute Gasteiger partial charge is 0.0566 e. The molecule has 1 rings (SSSR count). The summed E-state index contributed by atoms with van der Waals surface area (Å²) >= 11 is 0. The van der Waals surface area contributed by atoms with Gasteiger partial charge in [-0.3, -0.25) is 0 Å². The van der Waals surface area contributed by atoms with E-state index in [9.17, 15) is 4.91 Å². The Morgan fingerprint density at radius 2 is 1.91 bits per heavy atom. The molecule has 0 N–H and O–H groups in total. The van der Waals surface area contributed by atoms with Gasteiger partial charge in [0.25, 0.3) is 0 Å². The van der Waals surface area contributed by atoms with Crippen LogP contribution in [0, 0.1) is 10.8 Å². The standard InChI is InChI=1S/C9H18NO/c1-8(2)7-10(11)9-5-3-4-6-9/h8-9H,3-7H2,1-2H3/q+1. The van der Waals surface area contributed by atoms with Crippen LogP contribution in [0.15, 0.2) is 0 Å². The van der Waals surface area contributed by atoms with Gasteiger partial charge >= 0.3 is 0 Å². The first-order chi connectivity index (χ1) is 5.20. The molecule has 0 saturated heterocycles. The van der Waals surface area contributed by atoms with E-state index in [1.165, 1.54) is 17.6 Å². The fourth-order valence-electron chi connectivity index (χ4n) is 1.70. The van der Waals surface area contributed by atoms with Gasteiger partial charge in [-0.1, -0.05) is 13.8 Å². The van der Waals surface area contributed by atoms with Gasteiger partial charge < -0.3 is 0 Å². The molecular formula is C9H18NO+. The summed E-state index contributed by atoms with van der Waals surface area (Å²) in [5, 5.41) is 0. The highest BCUT2D eigenvalue weighted by Crippen LogP contribution is 2.20. The molecule has 0 amide bonds. The van der Waals surface area contributed by atoms with Gasteiger partial charge in [0.15, 0.2) is 6.54 Å². The van der Waals surface area contributed by atoms with E-state index < -0.39 is 0 Å². The Bertz CT molecular complexity index is 136. The molecule has 0 radical (unpaired) electrons. The summed E-state index contributed by atoms with van der Waals surface area (Å²) in [5.74, 6) is 0.507. The molecule has 0 aliphatic heterocycles. The van der Waals surface area contributed by atoms with E-state index in [0.29, 0.717) is 18.5 Å². The van der Waals surface area contributed by atoms with Crippen LogP contribution in [0.5, 0.6) is 0 Å². The summed E-state index contributed by atoms with van der Waals surface area (Å²) in [4.78, 5) is 11.4. The topological polar surface area (TPSA) is 20.1 Å². The van der Waals surface area contributed by atoms with Crippen LogP contribution < -0.4 is 0 Å². The van der Waals surface area contributed by atoms with Crippen LogP contribution in [-0.4, -0.2) is 17.3 Å². The summed E-state index contributed by atoms with van der Waals surface area (Å²) in [5.41, 5.74) is 0. The second-order valence-corrected chi connectivity index (χ2v) is 3.93. The van der Waals surface area contributed by atoms with Gasteiger partial charge in [0.2, 0.25) is 6.04 Å². The molecule has 0 atom stereocenters. The van der Waals surface area contributed by atoms with Crippen molar-refractivity contribution in [2.45, 2.75) is 45.6 Å². The normalized spacial score (nSPS) is 19.5. The van der Waals surface area contributed by atoms with Crippen molar-refractivity contribution in [3.8, 4) is 0 Å². The number of hydrogen-bond donors (Lipinski definition) is 0. The number of rotatable bonds is 3. The summed E-state index contributed by atoms with van der Waals surface area (Å²) in [6, 6.07) is 0.345. The maximum absolute atomic E-state index is 11.4. The molecule has 64 valence electrons. The molecule has 1 aliphatic rings. The Kier molecular flexibility index (Phi) is 3.03. The van der Waals surface area contributed by atoms with Crippen LogP contribution in [0.2, 0.25) is 0 Å². The number of hydrogen-bond acceptors (Lipinski definition) is 1. The van der Waals surface area contributed by atoms with Gasteiger partial charge in [0.05, 0.1) is 0 Å². The Hall–Kier alpha value is -0.400. The molecule has 1 saturated carbocycles. The second kappa shape index (κ2) is 3.84. The molecule has 1 fully saturated rings. The Morgan fingerprint density at radius 1 is 1.36 bits per heavy atom. The van der Waals surface area contributed by atoms with Gasteiger partial charge in [-0.25, -0.2) is 0 Å². The zero-order valence-electron chi connectivity index (χ0n) is 7.55. The highest BCUT2D eigenvalue weighted by Gasteiger charge is 2.28. The lowest BCUT2D eigenvalue weighted by atomic mass is 10.2. The first-order valence-corrected chi connectivity index (χ1v) is 4.64. The minimum absolute atomic E-state index is 0.345. The highest BCUT2D eigenvalue weighted by molar-refractivity contribution is 4.65. The summed E-state index contributed by atoms with van der Waals surface area (Å²) in [7, 11) is 0. The Morgan fingerprint density at radius 3 is 2.36 bits per heavy atom. The summed E-state index contributed by atoms with van der Waals surface area (Å²) in [6.45, 7) is 4.91. The van der Waals surface area contributed by atoms with Crippen molar-refractivity contribution < 1.29 is 4.76 Å². The van der Waals surface area contributed by atoms with Gasteiger partial charge in [0, 0.05) is 28.4 Å². The summed E-state index contributed by atoms with van der Waals surface area (Å²) in [6.07, 6.45) is 4.75. The van der Waals surface area contributed by atoms with Crippen molar-refractivity contribution in [2.24, 2.45) is 5.92 Å². The van der Waals surface area contributed by atoms with Crippen molar-refractivity contribution in [2.75, 3.05) is 6.54 Å². The van der Waals surface area contributed by atoms with Crippen LogP contribution in [-0.2, 0) is 0 Å². The zero-order valence-corrected chi connectivity index (χ0v) is 7.55. The highest BCUT2D eigenvalue weighted by atomic mass is 16.3. The van der Waals surface area contributed by atoms with Crippen molar-refractivity contribution >= 4 is 0 Å². The lowest BCUT2D eigenvalue weighted by Gasteiger charge is -2.02. The van der Waals surface area contributed by atoms with Gasteiger partial charge in [-0.15, -0.1) is 0 Å². The molecule has 0 unspecified atom stereocenters.